The highest BCUT2D eigenvalue weighted by Crippen LogP contribution is 2.32. The van der Waals surface area contributed by atoms with Gasteiger partial charge >= 0.3 is 0 Å². The van der Waals surface area contributed by atoms with Gasteiger partial charge in [-0.05, 0) is 31.9 Å². The molecule has 1 fully saturated rings. The number of hydrogen-bond acceptors (Lipinski definition) is 2. The van der Waals surface area contributed by atoms with Crippen LogP contribution in [0.25, 0.3) is 11.0 Å². The number of aryl methyl sites for hydroxylation is 2. The minimum absolute atomic E-state index is 0.242. The van der Waals surface area contributed by atoms with E-state index in [-0.39, 0.29) is 6.10 Å². The van der Waals surface area contributed by atoms with E-state index in [9.17, 15) is 0 Å². The van der Waals surface area contributed by atoms with Crippen LogP contribution in [0.5, 0.6) is 0 Å². The molecule has 0 radical (unpaired) electrons. The van der Waals surface area contributed by atoms with E-state index in [0.29, 0.717) is 11.9 Å². The Balaban J connectivity index is 2.20. The molecule has 19 heavy (non-hydrogen) atoms. The topological polar surface area (TPSA) is 27.1 Å². The van der Waals surface area contributed by atoms with Crippen molar-refractivity contribution in [1.82, 2.24) is 9.55 Å². The lowest BCUT2D eigenvalue weighted by molar-refractivity contribution is 0.108. The van der Waals surface area contributed by atoms with Crippen molar-refractivity contribution >= 4 is 22.6 Å². The van der Waals surface area contributed by atoms with E-state index in [4.69, 9.17) is 21.3 Å². The van der Waals surface area contributed by atoms with Crippen LogP contribution < -0.4 is 0 Å². The highest BCUT2D eigenvalue weighted by atomic mass is 35.5. The molecular formula is C15H19ClN2O. The van der Waals surface area contributed by atoms with Crippen LogP contribution in [0.1, 0.15) is 30.8 Å². The van der Waals surface area contributed by atoms with Gasteiger partial charge in [0.15, 0.2) is 0 Å². The van der Waals surface area contributed by atoms with Crippen molar-refractivity contribution in [3.8, 4) is 0 Å². The third kappa shape index (κ3) is 2.15. The fourth-order valence-corrected chi connectivity index (χ4v) is 3.22. The maximum atomic E-state index is 5.93. The largest absolute Gasteiger partial charge is 0.376 e. The second-order valence-corrected chi connectivity index (χ2v) is 5.59. The van der Waals surface area contributed by atoms with Crippen molar-refractivity contribution in [2.75, 3.05) is 12.5 Å². The fourth-order valence-electron chi connectivity index (χ4n) is 3.05. The Bertz CT molecular complexity index is 593. The van der Waals surface area contributed by atoms with Gasteiger partial charge in [-0.3, -0.25) is 0 Å². The average Bonchev–Trinajstić information content (AvgIpc) is 2.94. The van der Waals surface area contributed by atoms with E-state index < -0.39 is 0 Å². The first-order valence-corrected chi connectivity index (χ1v) is 7.40. The van der Waals surface area contributed by atoms with Crippen LogP contribution in [0.3, 0.4) is 0 Å². The lowest BCUT2D eigenvalue weighted by atomic mass is 10.1. The van der Waals surface area contributed by atoms with E-state index in [1.165, 1.54) is 11.1 Å². The molecule has 2 unspecified atom stereocenters. The molecule has 2 atom stereocenters. The summed E-state index contributed by atoms with van der Waals surface area (Å²) in [5.74, 6) is 1.69. The summed E-state index contributed by atoms with van der Waals surface area (Å²) in [6.07, 6.45) is 2.10. The van der Waals surface area contributed by atoms with Crippen LogP contribution in [-0.4, -0.2) is 28.1 Å². The van der Waals surface area contributed by atoms with Gasteiger partial charge in [0.05, 0.1) is 23.2 Å². The van der Waals surface area contributed by atoms with Crippen molar-refractivity contribution in [3.05, 3.63) is 29.6 Å². The van der Waals surface area contributed by atoms with Gasteiger partial charge in [-0.15, -0.1) is 11.6 Å². The predicted octanol–water partition coefficient (Wildman–Crippen LogP) is 3.48. The summed E-state index contributed by atoms with van der Waals surface area (Å²) in [7, 11) is 0. The second-order valence-electron chi connectivity index (χ2n) is 5.21. The van der Waals surface area contributed by atoms with Gasteiger partial charge in [0.25, 0.3) is 0 Å². The molecule has 1 aliphatic rings. The smallest absolute Gasteiger partial charge is 0.111 e. The number of para-hydroxylation sites is 1. The number of nitrogens with zero attached hydrogens (tertiary/aromatic N) is 2. The van der Waals surface area contributed by atoms with Crippen LogP contribution in [0, 0.1) is 6.92 Å². The van der Waals surface area contributed by atoms with Crippen molar-refractivity contribution < 1.29 is 4.74 Å². The monoisotopic (exact) mass is 278 g/mol. The first-order chi connectivity index (χ1) is 9.22. The van der Waals surface area contributed by atoms with Gasteiger partial charge in [0.1, 0.15) is 5.82 Å². The van der Waals surface area contributed by atoms with Gasteiger partial charge in [0.2, 0.25) is 0 Å². The van der Waals surface area contributed by atoms with Crippen LogP contribution in [0.2, 0.25) is 0 Å². The number of aromatic nitrogens is 2. The molecule has 4 heteroatoms. The van der Waals surface area contributed by atoms with Crippen molar-refractivity contribution in [2.24, 2.45) is 0 Å². The number of hydrogen-bond donors (Lipinski definition) is 0. The highest BCUT2D eigenvalue weighted by Gasteiger charge is 2.29. The number of halogens is 1. The molecule has 3 nitrogen and oxygen atoms in total. The van der Waals surface area contributed by atoms with E-state index in [1.54, 1.807) is 0 Å². The highest BCUT2D eigenvalue weighted by molar-refractivity contribution is 6.17. The van der Waals surface area contributed by atoms with Gasteiger partial charge in [-0.25, -0.2) is 4.98 Å². The number of rotatable bonds is 3. The summed E-state index contributed by atoms with van der Waals surface area (Å²) < 4.78 is 8.10. The maximum Gasteiger partial charge on any atom is 0.111 e. The second kappa shape index (κ2) is 5.14. The Hall–Kier alpha value is -1.06. The third-order valence-electron chi connectivity index (χ3n) is 3.97. The SMILES string of the molecule is Cc1cccc2nc(CCCl)n(C3CCOC3C)c12. The third-order valence-corrected chi connectivity index (χ3v) is 4.16. The predicted molar refractivity (Wildman–Crippen MR) is 78.0 cm³/mol. The Morgan fingerprint density at radius 3 is 3.00 bits per heavy atom. The molecule has 2 aromatic rings. The fraction of sp³-hybridized carbons (Fsp3) is 0.533. The molecule has 102 valence electrons. The molecule has 0 saturated carbocycles. The van der Waals surface area contributed by atoms with Crippen molar-refractivity contribution in [2.45, 2.75) is 38.8 Å². The number of ether oxygens (including phenoxy) is 1. The molecule has 0 spiro atoms. The van der Waals surface area contributed by atoms with Crippen LogP contribution in [0.4, 0.5) is 0 Å². The summed E-state index contributed by atoms with van der Waals surface area (Å²) in [5.41, 5.74) is 3.58. The normalized spacial score (nSPS) is 23.3. The molecule has 1 saturated heterocycles. The van der Waals surface area contributed by atoms with E-state index in [0.717, 1.165) is 30.8 Å². The lowest BCUT2D eigenvalue weighted by Crippen LogP contribution is -2.19. The number of benzene rings is 1. The average molecular weight is 279 g/mol. The zero-order chi connectivity index (χ0) is 13.4. The Morgan fingerprint density at radius 1 is 1.47 bits per heavy atom. The molecule has 0 aliphatic carbocycles. The zero-order valence-corrected chi connectivity index (χ0v) is 12.2. The van der Waals surface area contributed by atoms with Gasteiger partial charge < -0.3 is 9.30 Å². The first kappa shape index (κ1) is 12.9. The van der Waals surface area contributed by atoms with E-state index in [2.05, 4.69) is 36.6 Å². The molecule has 2 heterocycles. The zero-order valence-electron chi connectivity index (χ0n) is 11.4. The molecule has 1 aliphatic heterocycles. The quantitative estimate of drug-likeness (QED) is 0.804. The van der Waals surface area contributed by atoms with E-state index in [1.807, 2.05) is 0 Å². The molecule has 3 rings (SSSR count). The minimum atomic E-state index is 0.242. The van der Waals surface area contributed by atoms with Crippen LogP contribution >= 0.6 is 11.6 Å². The molecule has 1 aromatic heterocycles. The number of imidazole rings is 1. The first-order valence-electron chi connectivity index (χ1n) is 6.86. The van der Waals surface area contributed by atoms with Crippen molar-refractivity contribution in [3.63, 3.8) is 0 Å². The Morgan fingerprint density at radius 2 is 2.32 bits per heavy atom. The van der Waals surface area contributed by atoms with Crippen LogP contribution in [-0.2, 0) is 11.2 Å². The van der Waals surface area contributed by atoms with Crippen LogP contribution in [0.15, 0.2) is 18.2 Å². The minimum Gasteiger partial charge on any atom is -0.376 e. The molecule has 0 bridgehead atoms. The van der Waals surface area contributed by atoms with Gasteiger partial charge in [-0.1, -0.05) is 12.1 Å². The summed E-state index contributed by atoms with van der Waals surface area (Å²) >= 11 is 5.93. The lowest BCUT2D eigenvalue weighted by Gasteiger charge is -2.20. The van der Waals surface area contributed by atoms with E-state index >= 15 is 0 Å². The molecule has 0 N–H and O–H groups in total. The Kier molecular flexibility index (Phi) is 3.50. The molecular weight excluding hydrogens is 260 g/mol. The van der Waals surface area contributed by atoms with Crippen molar-refractivity contribution in [1.29, 1.82) is 0 Å². The molecule has 0 amide bonds. The Labute approximate surface area is 118 Å². The number of fused-ring (bicyclic) bond motifs is 1. The molecule has 1 aromatic carbocycles. The summed E-state index contributed by atoms with van der Waals surface area (Å²) in [5, 5.41) is 0. The summed E-state index contributed by atoms with van der Waals surface area (Å²) in [6.45, 7) is 5.12. The standard InChI is InChI=1S/C15H19ClN2O/c1-10-4-3-5-12-15(10)18(14(17-12)6-8-16)13-7-9-19-11(13)2/h3-5,11,13H,6-9H2,1-2H3. The van der Waals surface area contributed by atoms with Gasteiger partial charge in [-0.2, -0.15) is 0 Å². The summed E-state index contributed by atoms with van der Waals surface area (Å²) in [6, 6.07) is 6.67. The summed E-state index contributed by atoms with van der Waals surface area (Å²) in [4.78, 5) is 4.77. The van der Waals surface area contributed by atoms with Gasteiger partial charge in [0, 0.05) is 18.9 Å². The number of alkyl halides is 1. The maximum absolute atomic E-state index is 5.93.